The number of carbonyl (C=O) groups is 2. The number of anilines is 1. The van der Waals surface area contributed by atoms with Crippen LogP contribution >= 0.6 is 11.8 Å². The highest BCUT2D eigenvalue weighted by Gasteiger charge is 2.38. The fourth-order valence-corrected chi connectivity index (χ4v) is 5.93. The van der Waals surface area contributed by atoms with Gasteiger partial charge in [-0.05, 0) is 64.4 Å². The molecule has 1 aliphatic rings. The minimum Gasteiger partial charge on any atom is -0.508 e. The average Bonchev–Trinajstić information content (AvgIpc) is 3.49. The summed E-state index contributed by atoms with van der Waals surface area (Å²) in [5.74, 6) is -0.638. The van der Waals surface area contributed by atoms with Crippen LogP contribution in [0.25, 0.3) is 5.69 Å². The lowest BCUT2D eigenvalue weighted by Crippen LogP contribution is -2.38. The number of aliphatic hydroxyl groups excluding tert-OH is 1. The highest BCUT2D eigenvalue weighted by molar-refractivity contribution is 7.99. The second-order valence-corrected chi connectivity index (χ2v) is 11.4. The maximum absolute atomic E-state index is 12.4. The second kappa shape index (κ2) is 14.4. The van der Waals surface area contributed by atoms with Gasteiger partial charge in [-0.25, -0.2) is 0 Å². The molecule has 1 aromatic heterocycles. The molecule has 1 amide bonds. The number of thioether (sulfide) groups is 1. The number of rotatable bonds is 12. The molecule has 13 heteroatoms. The lowest BCUT2D eigenvalue weighted by atomic mass is 9.91. The molecular formula is C31H33N5O7S. The zero-order valence-electron chi connectivity index (χ0n) is 23.9. The SMILES string of the molecule is C[C@@H]1[C@H](CSc2nnnn2-c2ccc(O)cc2)O[C@H](c2cccc(NC(=O)CCCC(=O)O)c2)O[C@@H]1c1ccc(CO)cc1. The van der Waals surface area contributed by atoms with E-state index in [2.05, 4.69) is 27.8 Å². The predicted molar refractivity (Wildman–Crippen MR) is 161 cm³/mol. The van der Waals surface area contributed by atoms with E-state index < -0.39 is 12.3 Å². The van der Waals surface area contributed by atoms with Crippen LogP contribution in [0.3, 0.4) is 0 Å². The number of carboxylic acid groups (broad SMARTS) is 1. The summed E-state index contributed by atoms with van der Waals surface area (Å²) < 4.78 is 14.6. The van der Waals surface area contributed by atoms with Crippen molar-refractivity contribution in [3.8, 4) is 11.4 Å². The molecule has 5 rings (SSSR count). The number of hydrogen-bond acceptors (Lipinski definition) is 10. The molecule has 0 saturated carbocycles. The molecule has 2 heterocycles. The first kappa shape index (κ1) is 31.1. The summed E-state index contributed by atoms with van der Waals surface area (Å²) >= 11 is 1.44. The van der Waals surface area contributed by atoms with Crippen LogP contribution in [0.15, 0.2) is 78.0 Å². The van der Waals surface area contributed by atoms with Crippen LogP contribution < -0.4 is 5.32 Å². The molecule has 0 bridgehead atoms. The molecule has 0 unspecified atom stereocenters. The number of aromatic hydroxyl groups is 1. The summed E-state index contributed by atoms with van der Waals surface area (Å²) in [5.41, 5.74) is 3.70. The van der Waals surface area contributed by atoms with Gasteiger partial charge >= 0.3 is 5.97 Å². The minimum atomic E-state index is -0.939. The van der Waals surface area contributed by atoms with E-state index in [0.29, 0.717) is 27.8 Å². The zero-order valence-corrected chi connectivity index (χ0v) is 24.8. The van der Waals surface area contributed by atoms with Gasteiger partial charge in [0.15, 0.2) is 6.29 Å². The largest absolute Gasteiger partial charge is 0.508 e. The molecule has 44 heavy (non-hydrogen) atoms. The Kier molecular flexibility index (Phi) is 10.2. The molecule has 0 radical (unpaired) electrons. The van der Waals surface area contributed by atoms with E-state index in [1.165, 1.54) is 11.8 Å². The van der Waals surface area contributed by atoms with Crippen LogP contribution in [-0.4, -0.2) is 59.3 Å². The van der Waals surface area contributed by atoms with Gasteiger partial charge in [0.2, 0.25) is 11.1 Å². The van der Waals surface area contributed by atoms with Gasteiger partial charge in [-0.15, -0.1) is 5.10 Å². The Labute approximate surface area is 258 Å². The molecule has 4 aromatic rings. The van der Waals surface area contributed by atoms with Gasteiger partial charge in [0.1, 0.15) is 5.75 Å². The third-order valence-electron chi connectivity index (χ3n) is 7.27. The summed E-state index contributed by atoms with van der Waals surface area (Å²) in [6.07, 6.45) is -1.11. The lowest BCUT2D eigenvalue weighted by Gasteiger charge is -2.41. The molecular weight excluding hydrogens is 586 g/mol. The molecule has 4 atom stereocenters. The van der Waals surface area contributed by atoms with Crippen molar-refractivity contribution in [2.24, 2.45) is 5.92 Å². The van der Waals surface area contributed by atoms with E-state index in [-0.39, 0.29) is 55.7 Å². The molecule has 12 nitrogen and oxygen atoms in total. The predicted octanol–water partition coefficient (Wildman–Crippen LogP) is 4.64. The number of tetrazole rings is 1. The number of phenolic OH excluding ortho intramolecular Hbond substituents is 1. The van der Waals surface area contributed by atoms with Gasteiger partial charge in [0.05, 0.1) is 24.5 Å². The first-order chi connectivity index (χ1) is 21.3. The fourth-order valence-electron chi connectivity index (χ4n) is 4.88. The van der Waals surface area contributed by atoms with Gasteiger partial charge in [-0.3, -0.25) is 9.59 Å². The van der Waals surface area contributed by atoms with Gasteiger partial charge < -0.3 is 30.1 Å². The number of aliphatic hydroxyl groups is 1. The van der Waals surface area contributed by atoms with Crippen molar-refractivity contribution in [1.82, 2.24) is 20.2 Å². The molecule has 0 spiro atoms. The number of benzene rings is 3. The summed E-state index contributed by atoms with van der Waals surface area (Å²) in [6, 6.07) is 21.4. The monoisotopic (exact) mass is 619 g/mol. The minimum absolute atomic E-state index is 0.0586. The molecule has 1 aliphatic heterocycles. The smallest absolute Gasteiger partial charge is 0.303 e. The molecule has 1 saturated heterocycles. The summed E-state index contributed by atoms with van der Waals surface area (Å²) in [4.78, 5) is 23.2. The maximum atomic E-state index is 12.4. The number of carbonyl (C=O) groups excluding carboxylic acids is 1. The highest BCUT2D eigenvalue weighted by Crippen LogP contribution is 2.43. The third-order valence-corrected chi connectivity index (χ3v) is 8.28. The Balaban J connectivity index is 1.35. The third kappa shape index (κ3) is 7.80. The first-order valence-corrected chi connectivity index (χ1v) is 15.1. The van der Waals surface area contributed by atoms with E-state index >= 15 is 0 Å². The number of aliphatic carboxylic acids is 1. The standard InChI is InChI=1S/C31H33N5O7S/c1-19-26(18-44-31-33-34-35-36(31)24-12-14-25(38)15-13-24)42-30(43-29(19)21-10-8-20(17-37)9-11-21)22-4-2-5-23(16-22)32-27(39)6-3-7-28(40)41/h2,4-5,8-16,19,26,29-30,37-38H,3,6-7,17-18H2,1H3,(H,32,39)(H,40,41)/t19-,26+,29+,30+/m1/s1. The number of carboxylic acids is 1. The number of nitrogens with zero attached hydrogens (tertiary/aromatic N) is 4. The normalized spacial score (nSPS) is 19.9. The van der Waals surface area contributed by atoms with Crippen LogP contribution in [0.2, 0.25) is 0 Å². The van der Waals surface area contributed by atoms with Crippen LogP contribution in [0.4, 0.5) is 5.69 Å². The van der Waals surface area contributed by atoms with Crippen molar-refractivity contribution in [2.45, 2.75) is 56.4 Å². The summed E-state index contributed by atoms with van der Waals surface area (Å²) in [5, 5.41) is 43.5. The van der Waals surface area contributed by atoms with E-state index in [0.717, 1.165) is 11.1 Å². The van der Waals surface area contributed by atoms with E-state index in [4.69, 9.17) is 14.6 Å². The molecule has 1 fully saturated rings. The molecule has 4 N–H and O–H groups in total. The highest BCUT2D eigenvalue weighted by atomic mass is 32.2. The number of aromatic nitrogens is 4. The van der Waals surface area contributed by atoms with Crippen LogP contribution in [0.5, 0.6) is 5.75 Å². The molecule has 3 aromatic carbocycles. The maximum Gasteiger partial charge on any atom is 0.303 e. The van der Waals surface area contributed by atoms with Gasteiger partial charge in [0, 0.05) is 35.8 Å². The van der Waals surface area contributed by atoms with Crippen molar-refractivity contribution >= 4 is 29.3 Å². The fraction of sp³-hybridized carbons (Fsp3) is 0.323. The van der Waals surface area contributed by atoms with Crippen LogP contribution in [0.1, 0.15) is 55.3 Å². The van der Waals surface area contributed by atoms with Crippen LogP contribution in [-0.2, 0) is 25.7 Å². The summed E-state index contributed by atoms with van der Waals surface area (Å²) in [6.45, 7) is 2.00. The Bertz CT molecular complexity index is 1560. The van der Waals surface area contributed by atoms with E-state index in [9.17, 15) is 19.8 Å². The quantitative estimate of drug-likeness (QED) is 0.163. The van der Waals surface area contributed by atoms with Crippen molar-refractivity contribution in [1.29, 1.82) is 0 Å². The first-order valence-electron chi connectivity index (χ1n) is 14.1. The Morgan fingerprint density at radius 3 is 2.50 bits per heavy atom. The van der Waals surface area contributed by atoms with Gasteiger partial charge in [0.25, 0.3) is 0 Å². The Hall–Kier alpha value is -4.30. The number of hydrogen-bond donors (Lipinski definition) is 4. The number of phenols is 1. The zero-order chi connectivity index (χ0) is 31.1. The molecule has 230 valence electrons. The number of amides is 1. The van der Waals surface area contributed by atoms with E-state index in [1.807, 2.05) is 30.3 Å². The number of ether oxygens (including phenoxy) is 2. The summed E-state index contributed by atoms with van der Waals surface area (Å²) in [7, 11) is 0. The van der Waals surface area contributed by atoms with Crippen molar-refractivity contribution < 1.29 is 34.4 Å². The van der Waals surface area contributed by atoms with Crippen LogP contribution in [0, 0.1) is 5.92 Å². The van der Waals surface area contributed by atoms with Crippen molar-refractivity contribution in [2.75, 3.05) is 11.1 Å². The van der Waals surface area contributed by atoms with Crippen molar-refractivity contribution in [3.63, 3.8) is 0 Å². The number of nitrogens with one attached hydrogen (secondary N) is 1. The van der Waals surface area contributed by atoms with Gasteiger partial charge in [-0.2, -0.15) is 4.68 Å². The Morgan fingerprint density at radius 2 is 1.77 bits per heavy atom. The Morgan fingerprint density at radius 1 is 1.00 bits per heavy atom. The second-order valence-electron chi connectivity index (χ2n) is 10.4. The van der Waals surface area contributed by atoms with E-state index in [1.54, 1.807) is 47.1 Å². The topological polar surface area (TPSA) is 169 Å². The van der Waals surface area contributed by atoms with Gasteiger partial charge in [-0.1, -0.05) is 55.1 Å². The lowest BCUT2D eigenvalue weighted by molar-refractivity contribution is -0.268. The molecule has 0 aliphatic carbocycles. The van der Waals surface area contributed by atoms with Crippen molar-refractivity contribution in [3.05, 3.63) is 89.5 Å². The average molecular weight is 620 g/mol.